The molecule has 2 aromatic carbocycles. The average Bonchev–Trinajstić information content (AvgIpc) is 2.51. The zero-order valence-electron chi connectivity index (χ0n) is 12.1. The number of rotatable bonds is 7. The van der Waals surface area contributed by atoms with Gasteiger partial charge in [0.2, 0.25) is 0 Å². The molecule has 2 N–H and O–H groups in total. The third kappa shape index (κ3) is 5.06. The number of hydrogen-bond acceptors (Lipinski definition) is 3. The largest absolute Gasteiger partial charge is 0.490 e. The molecule has 1 unspecified atom stereocenters. The van der Waals surface area contributed by atoms with Crippen molar-refractivity contribution in [3.63, 3.8) is 0 Å². The van der Waals surface area contributed by atoms with E-state index in [4.69, 9.17) is 15.2 Å². The van der Waals surface area contributed by atoms with E-state index in [9.17, 15) is 0 Å². The molecule has 0 aromatic heterocycles. The molecule has 0 heterocycles. The fraction of sp³-hybridized carbons (Fsp3) is 0.294. The molecule has 0 aliphatic rings. The molecule has 2 aromatic rings. The second kappa shape index (κ2) is 8.05. The lowest BCUT2D eigenvalue weighted by atomic mass is 10.1. The van der Waals surface area contributed by atoms with Crippen molar-refractivity contribution in [2.24, 2.45) is 5.73 Å². The summed E-state index contributed by atoms with van der Waals surface area (Å²) in [5, 5.41) is 0. The number of nitrogens with two attached hydrogens (primary N) is 1. The maximum absolute atomic E-state index is 5.98. The summed E-state index contributed by atoms with van der Waals surface area (Å²) in [7, 11) is 0. The average molecular weight is 350 g/mol. The highest BCUT2D eigenvalue weighted by Crippen LogP contribution is 2.19. The fourth-order valence-corrected chi connectivity index (χ4v) is 2.30. The highest BCUT2D eigenvalue weighted by molar-refractivity contribution is 9.10. The van der Waals surface area contributed by atoms with Gasteiger partial charge in [0.15, 0.2) is 0 Å². The van der Waals surface area contributed by atoms with E-state index in [1.807, 2.05) is 48.5 Å². The van der Waals surface area contributed by atoms with Crippen molar-refractivity contribution in [3.05, 3.63) is 58.6 Å². The number of ether oxygens (including phenoxy) is 2. The third-order valence-corrected chi connectivity index (χ3v) is 3.66. The Hall–Kier alpha value is -1.52. The standard InChI is InChI=1S/C17H20BrNO2/c1-2-17(19)13-6-8-15(9-7-13)20-10-11-21-16-5-3-4-14(18)12-16/h3-9,12,17H,2,10-11,19H2,1H3. The van der Waals surface area contributed by atoms with Crippen molar-refractivity contribution < 1.29 is 9.47 Å². The zero-order chi connectivity index (χ0) is 15.1. The minimum absolute atomic E-state index is 0.0962. The molecule has 0 radical (unpaired) electrons. The first-order valence-electron chi connectivity index (χ1n) is 7.05. The Morgan fingerprint density at radius 1 is 1.00 bits per heavy atom. The molecule has 0 bridgehead atoms. The highest BCUT2D eigenvalue weighted by atomic mass is 79.9. The topological polar surface area (TPSA) is 44.5 Å². The molecular formula is C17H20BrNO2. The second-order valence-corrected chi connectivity index (χ2v) is 5.65. The fourth-order valence-electron chi connectivity index (χ4n) is 1.92. The van der Waals surface area contributed by atoms with Crippen LogP contribution in [0.3, 0.4) is 0 Å². The van der Waals surface area contributed by atoms with E-state index in [-0.39, 0.29) is 6.04 Å². The van der Waals surface area contributed by atoms with Crippen LogP contribution in [0.25, 0.3) is 0 Å². The minimum atomic E-state index is 0.0962. The van der Waals surface area contributed by atoms with Gasteiger partial charge in [-0.15, -0.1) is 0 Å². The highest BCUT2D eigenvalue weighted by Gasteiger charge is 2.03. The minimum Gasteiger partial charge on any atom is -0.490 e. The number of hydrogen-bond donors (Lipinski definition) is 1. The van der Waals surface area contributed by atoms with E-state index in [1.54, 1.807) is 0 Å². The summed E-state index contributed by atoms with van der Waals surface area (Å²) in [5.41, 5.74) is 7.11. The van der Waals surface area contributed by atoms with Crippen molar-refractivity contribution in [1.82, 2.24) is 0 Å². The number of halogens is 1. The summed E-state index contributed by atoms with van der Waals surface area (Å²) in [6.07, 6.45) is 0.931. The van der Waals surface area contributed by atoms with E-state index < -0.39 is 0 Å². The lowest BCUT2D eigenvalue weighted by Gasteiger charge is -2.11. The normalized spacial score (nSPS) is 12.0. The van der Waals surface area contributed by atoms with Crippen LogP contribution < -0.4 is 15.2 Å². The Labute approximate surface area is 134 Å². The van der Waals surface area contributed by atoms with Crippen molar-refractivity contribution in [3.8, 4) is 11.5 Å². The first-order valence-corrected chi connectivity index (χ1v) is 7.85. The van der Waals surface area contributed by atoms with Crippen LogP contribution in [-0.2, 0) is 0 Å². The molecule has 0 aliphatic heterocycles. The van der Waals surface area contributed by atoms with Gasteiger partial charge in [0.1, 0.15) is 24.7 Å². The van der Waals surface area contributed by atoms with Gasteiger partial charge in [-0.3, -0.25) is 0 Å². The van der Waals surface area contributed by atoms with Crippen molar-refractivity contribution in [2.75, 3.05) is 13.2 Å². The van der Waals surface area contributed by atoms with E-state index in [0.29, 0.717) is 13.2 Å². The molecule has 2 rings (SSSR count). The summed E-state index contributed by atoms with van der Waals surface area (Å²) < 4.78 is 12.3. The second-order valence-electron chi connectivity index (χ2n) is 4.74. The molecule has 0 saturated carbocycles. The van der Waals surface area contributed by atoms with Crippen LogP contribution in [0.1, 0.15) is 24.9 Å². The predicted octanol–water partition coefficient (Wildman–Crippen LogP) is 4.32. The molecule has 3 nitrogen and oxygen atoms in total. The van der Waals surface area contributed by atoms with Gasteiger partial charge in [0.25, 0.3) is 0 Å². The van der Waals surface area contributed by atoms with Crippen LogP contribution in [-0.4, -0.2) is 13.2 Å². The smallest absolute Gasteiger partial charge is 0.122 e. The van der Waals surface area contributed by atoms with Gasteiger partial charge in [0, 0.05) is 10.5 Å². The summed E-state index contributed by atoms with van der Waals surface area (Å²) >= 11 is 3.41. The predicted molar refractivity (Wildman–Crippen MR) is 88.8 cm³/mol. The lowest BCUT2D eigenvalue weighted by molar-refractivity contribution is 0.217. The van der Waals surface area contributed by atoms with Crippen LogP contribution >= 0.6 is 15.9 Å². The lowest BCUT2D eigenvalue weighted by Crippen LogP contribution is -2.10. The van der Waals surface area contributed by atoms with Crippen molar-refractivity contribution in [1.29, 1.82) is 0 Å². The maximum Gasteiger partial charge on any atom is 0.122 e. The number of benzene rings is 2. The molecule has 0 aliphatic carbocycles. The van der Waals surface area contributed by atoms with E-state index in [1.165, 1.54) is 0 Å². The van der Waals surface area contributed by atoms with Crippen LogP contribution in [0, 0.1) is 0 Å². The molecule has 0 saturated heterocycles. The molecule has 0 fully saturated rings. The first kappa shape index (κ1) is 15.9. The van der Waals surface area contributed by atoms with Crippen LogP contribution in [0.2, 0.25) is 0 Å². The third-order valence-electron chi connectivity index (χ3n) is 3.16. The van der Waals surface area contributed by atoms with Gasteiger partial charge in [-0.25, -0.2) is 0 Å². The van der Waals surface area contributed by atoms with Crippen molar-refractivity contribution >= 4 is 15.9 Å². The summed E-state index contributed by atoms with van der Waals surface area (Å²) in [6, 6.07) is 15.8. The summed E-state index contributed by atoms with van der Waals surface area (Å²) in [5.74, 6) is 1.66. The van der Waals surface area contributed by atoms with Gasteiger partial charge in [-0.1, -0.05) is 41.1 Å². The Morgan fingerprint density at radius 2 is 1.67 bits per heavy atom. The van der Waals surface area contributed by atoms with Gasteiger partial charge in [-0.2, -0.15) is 0 Å². The Balaban J connectivity index is 1.76. The van der Waals surface area contributed by atoms with E-state index in [0.717, 1.165) is 28.0 Å². The van der Waals surface area contributed by atoms with Crippen molar-refractivity contribution in [2.45, 2.75) is 19.4 Å². The van der Waals surface area contributed by atoms with E-state index >= 15 is 0 Å². The van der Waals surface area contributed by atoms with Gasteiger partial charge in [0.05, 0.1) is 0 Å². The molecule has 21 heavy (non-hydrogen) atoms. The van der Waals surface area contributed by atoms with Crippen LogP contribution in [0.5, 0.6) is 11.5 Å². The van der Waals surface area contributed by atoms with Gasteiger partial charge in [-0.05, 0) is 42.3 Å². The molecular weight excluding hydrogens is 330 g/mol. The SMILES string of the molecule is CCC(N)c1ccc(OCCOc2cccc(Br)c2)cc1. The van der Waals surface area contributed by atoms with Gasteiger partial charge < -0.3 is 15.2 Å². The quantitative estimate of drug-likeness (QED) is 0.757. The Kier molecular flexibility index (Phi) is 6.08. The molecule has 1 atom stereocenters. The Bertz CT molecular complexity index is 557. The van der Waals surface area contributed by atoms with Crippen LogP contribution in [0.15, 0.2) is 53.0 Å². The first-order chi connectivity index (χ1) is 10.2. The summed E-state index contributed by atoms with van der Waals surface area (Å²) in [4.78, 5) is 0. The zero-order valence-corrected chi connectivity index (χ0v) is 13.7. The van der Waals surface area contributed by atoms with Gasteiger partial charge >= 0.3 is 0 Å². The monoisotopic (exact) mass is 349 g/mol. The van der Waals surface area contributed by atoms with Crippen LogP contribution in [0.4, 0.5) is 0 Å². The maximum atomic E-state index is 5.98. The summed E-state index contributed by atoms with van der Waals surface area (Å²) in [6.45, 7) is 3.09. The molecule has 4 heteroatoms. The molecule has 112 valence electrons. The molecule has 0 amide bonds. The molecule has 0 spiro atoms. The van der Waals surface area contributed by atoms with E-state index in [2.05, 4.69) is 22.9 Å². The Morgan fingerprint density at radius 3 is 2.29 bits per heavy atom.